The molecule has 2 rings (SSSR count). The smallest absolute Gasteiger partial charge is 0.322 e. The second-order valence-corrected chi connectivity index (χ2v) is 5.75. The molecule has 0 aliphatic carbocycles. The van der Waals surface area contributed by atoms with Gasteiger partial charge in [-0.25, -0.2) is 0 Å². The molecule has 1 aliphatic rings. The van der Waals surface area contributed by atoms with Crippen molar-refractivity contribution in [1.29, 1.82) is 0 Å². The highest BCUT2D eigenvalue weighted by Gasteiger charge is 2.24. The summed E-state index contributed by atoms with van der Waals surface area (Å²) < 4.78 is 5.70. The van der Waals surface area contributed by atoms with Gasteiger partial charge >= 0.3 is 5.97 Å². The van der Waals surface area contributed by atoms with Crippen molar-refractivity contribution in [3.05, 3.63) is 33.8 Å². The van der Waals surface area contributed by atoms with Crippen LogP contribution in [0.25, 0.3) is 0 Å². The van der Waals surface area contributed by atoms with Crippen LogP contribution in [0.4, 0.5) is 0 Å². The van der Waals surface area contributed by atoms with Crippen molar-refractivity contribution in [3.63, 3.8) is 0 Å². The van der Waals surface area contributed by atoms with Gasteiger partial charge in [0.05, 0.1) is 29.3 Å². The van der Waals surface area contributed by atoms with E-state index in [-0.39, 0.29) is 25.1 Å². The molecule has 6 nitrogen and oxygen atoms in total. The van der Waals surface area contributed by atoms with E-state index in [0.717, 1.165) is 5.56 Å². The number of carboxylic acids is 1. The van der Waals surface area contributed by atoms with E-state index in [1.54, 1.807) is 12.1 Å². The molecule has 0 spiro atoms. The summed E-state index contributed by atoms with van der Waals surface area (Å²) >= 11 is 11.9. The zero-order chi connectivity index (χ0) is 16.1. The van der Waals surface area contributed by atoms with Crippen LogP contribution in [0, 0.1) is 0 Å². The van der Waals surface area contributed by atoms with Gasteiger partial charge < -0.3 is 15.2 Å². The molecule has 8 heteroatoms. The number of carbonyl (C=O) groups is 2. The van der Waals surface area contributed by atoms with Crippen molar-refractivity contribution in [2.45, 2.75) is 6.10 Å². The van der Waals surface area contributed by atoms with Gasteiger partial charge in [-0.2, -0.15) is 0 Å². The number of morpholine rings is 1. The molecule has 1 heterocycles. The number of hydrogen-bond acceptors (Lipinski definition) is 4. The number of rotatable bonds is 5. The molecule has 1 saturated heterocycles. The van der Waals surface area contributed by atoms with Crippen molar-refractivity contribution in [2.24, 2.45) is 0 Å². The predicted molar refractivity (Wildman–Crippen MR) is 82.2 cm³/mol. The van der Waals surface area contributed by atoms with Gasteiger partial charge in [0.15, 0.2) is 0 Å². The molecular weight excluding hydrogens is 331 g/mol. The number of benzene rings is 1. The van der Waals surface area contributed by atoms with E-state index >= 15 is 0 Å². The van der Waals surface area contributed by atoms with E-state index in [1.165, 1.54) is 0 Å². The Morgan fingerprint density at radius 1 is 1.36 bits per heavy atom. The highest BCUT2D eigenvalue weighted by Crippen LogP contribution is 2.28. The van der Waals surface area contributed by atoms with Gasteiger partial charge in [-0.05, 0) is 17.7 Å². The van der Waals surface area contributed by atoms with Crippen LogP contribution in [-0.2, 0) is 14.3 Å². The molecule has 1 atom stereocenters. The summed E-state index contributed by atoms with van der Waals surface area (Å²) in [7, 11) is 0. The second kappa shape index (κ2) is 7.78. The number of nitrogens with zero attached hydrogens (tertiary/aromatic N) is 1. The van der Waals surface area contributed by atoms with E-state index < -0.39 is 5.97 Å². The number of hydrogen-bond donors (Lipinski definition) is 2. The standard InChI is InChI=1S/C14H16Cl2N2O4/c15-10-2-1-9(5-11(10)16)12-7-18(3-4-22-12)8-13(19)17-6-14(20)21/h1-2,5,12H,3-4,6-8H2,(H,17,19)(H,20,21). The topological polar surface area (TPSA) is 78.9 Å². The summed E-state index contributed by atoms with van der Waals surface area (Å²) in [5.74, 6) is -1.39. The summed E-state index contributed by atoms with van der Waals surface area (Å²) in [6.07, 6.45) is -0.198. The van der Waals surface area contributed by atoms with Gasteiger partial charge in [-0.15, -0.1) is 0 Å². The quantitative estimate of drug-likeness (QED) is 0.845. The maximum absolute atomic E-state index is 11.7. The molecule has 1 aromatic carbocycles. The minimum atomic E-state index is -1.07. The van der Waals surface area contributed by atoms with Gasteiger partial charge in [0.25, 0.3) is 0 Å². The molecule has 0 radical (unpaired) electrons. The molecule has 1 unspecified atom stereocenters. The minimum Gasteiger partial charge on any atom is -0.480 e. The van der Waals surface area contributed by atoms with Gasteiger partial charge in [0.1, 0.15) is 6.54 Å². The largest absolute Gasteiger partial charge is 0.480 e. The van der Waals surface area contributed by atoms with Gasteiger partial charge in [-0.3, -0.25) is 14.5 Å². The predicted octanol–water partition coefficient (Wildman–Crippen LogP) is 1.57. The monoisotopic (exact) mass is 346 g/mol. The molecule has 22 heavy (non-hydrogen) atoms. The number of aliphatic carboxylic acids is 1. The SMILES string of the molecule is O=C(O)CNC(=O)CN1CCOC(c2ccc(Cl)c(Cl)c2)C1. The first-order valence-corrected chi connectivity index (χ1v) is 7.48. The first-order chi connectivity index (χ1) is 10.5. The van der Waals surface area contributed by atoms with Crippen molar-refractivity contribution in [3.8, 4) is 0 Å². The fourth-order valence-corrected chi connectivity index (χ4v) is 2.50. The fraction of sp³-hybridized carbons (Fsp3) is 0.429. The Kier molecular flexibility index (Phi) is 6.02. The van der Waals surface area contributed by atoms with Crippen molar-refractivity contribution in [1.82, 2.24) is 10.2 Å². The lowest BCUT2D eigenvalue weighted by Crippen LogP contribution is -2.45. The molecule has 1 aromatic rings. The molecule has 0 saturated carbocycles. The van der Waals surface area contributed by atoms with E-state index in [0.29, 0.717) is 29.7 Å². The lowest BCUT2D eigenvalue weighted by Gasteiger charge is -2.32. The van der Waals surface area contributed by atoms with Crippen LogP contribution >= 0.6 is 23.2 Å². The molecule has 0 aromatic heterocycles. The molecule has 1 fully saturated rings. The third-order valence-electron chi connectivity index (χ3n) is 3.27. The number of halogens is 2. The number of amides is 1. The summed E-state index contributed by atoms with van der Waals surface area (Å²) in [4.78, 5) is 24.0. The van der Waals surface area contributed by atoms with Crippen LogP contribution in [-0.4, -0.2) is 54.7 Å². The highest BCUT2D eigenvalue weighted by molar-refractivity contribution is 6.42. The minimum absolute atomic E-state index is 0.133. The number of ether oxygens (including phenoxy) is 1. The Labute approximate surface area is 137 Å². The summed E-state index contributed by atoms with van der Waals surface area (Å²) in [6.45, 7) is 1.38. The lowest BCUT2D eigenvalue weighted by atomic mass is 10.1. The van der Waals surface area contributed by atoms with Crippen LogP contribution in [0.15, 0.2) is 18.2 Å². The third-order valence-corrected chi connectivity index (χ3v) is 4.01. The van der Waals surface area contributed by atoms with Crippen molar-refractivity contribution in [2.75, 3.05) is 32.8 Å². The fourth-order valence-electron chi connectivity index (χ4n) is 2.19. The van der Waals surface area contributed by atoms with E-state index in [4.69, 9.17) is 33.0 Å². The number of nitrogens with one attached hydrogen (secondary N) is 1. The second-order valence-electron chi connectivity index (χ2n) is 4.94. The lowest BCUT2D eigenvalue weighted by molar-refractivity contribution is -0.138. The van der Waals surface area contributed by atoms with Crippen LogP contribution in [0.3, 0.4) is 0 Å². The molecule has 1 aliphatic heterocycles. The Balaban J connectivity index is 1.92. The Morgan fingerprint density at radius 2 is 2.14 bits per heavy atom. The summed E-state index contributed by atoms with van der Waals surface area (Å²) in [5.41, 5.74) is 0.894. The van der Waals surface area contributed by atoms with Crippen LogP contribution in [0.1, 0.15) is 11.7 Å². The molecule has 120 valence electrons. The molecule has 0 bridgehead atoms. The number of carboxylic acid groups (broad SMARTS) is 1. The zero-order valence-electron chi connectivity index (χ0n) is 11.7. The van der Waals surface area contributed by atoms with Gasteiger partial charge in [0, 0.05) is 13.1 Å². The first-order valence-electron chi connectivity index (χ1n) is 6.73. The molecular formula is C14H16Cl2N2O4. The molecule has 1 amide bonds. The maximum atomic E-state index is 11.7. The van der Waals surface area contributed by atoms with E-state index in [1.807, 2.05) is 11.0 Å². The Bertz CT molecular complexity index is 568. The Morgan fingerprint density at radius 3 is 2.82 bits per heavy atom. The summed E-state index contributed by atoms with van der Waals surface area (Å²) in [6, 6.07) is 5.30. The highest BCUT2D eigenvalue weighted by atomic mass is 35.5. The van der Waals surface area contributed by atoms with Crippen LogP contribution in [0.2, 0.25) is 10.0 Å². The average Bonchev–Trinajstić information content (AvgIpc) is 2.48. The van der Waals surface area contributed by atoms with Crippen molar-refractivity contribution < 1.29 is 19.4 Å². The maximum Gasteiger partial charge on any atom is 0.322 e. The number of carbonyl (C=O) groups excluding carboxylic acids is 1. The van der Waals surface area contributed by atoms with Gasteiger partial charge in [-0.1, -0.05) is 29.3 Å². The van der Waals surface area contributed by atoms with Gasteiger partial charge in [0.2, 0.25) is 5.91 Å². The van der Waals surface area contributed by atoms with Crippen LogP contribution < -0.4 is 5.32 Å². The van der Waals surface area contributed by atoms with Crippen molar-refractivity contribution >= 4 is 35.1 Å². The van der Waals surface area contributed by atoms with E-state index in [9.17, 15) is 9.59 Å². The average molecular weight is 347 g/mol. The Hall–Kier alpha value is -1.34. The normalized spacial score (nSPS) is 18.9. The first kappa shape index (κ1) is 17.0. The molecule has 2 N–H and O–H groups in total. The third kappa shape index (κ3) is 4.84. The van der Waals surface area contributed by atoms with E-state index in [2.05, 4.69) is 5.32 Å². The van der Waals surface area contributed by atoms with Crippen LogP contribution in [0.5, 0.6) is 0 Å². The summed E-state index contributed by atoms with van der Waals surface area (Å²) in [5, 5.41) is 11.8. The zero-order valence-corrected chi connectivity index (χ0v) is 13.2.